The van der Waals surface area contributed by atoms with E-state index in [1.54, 1.807) is 4.31 Å². The molecule has 1 atom stereocenters. The zero-order valence-electron chi connectivity index (χ0n) is 12.4. The minimum absolute atomic E-state index is 0. The summed E-state index contributed by atoms with van der Waals surface area (Å²) < 4.78 is 27.2. The third-order valence-electron chi connectivity index (χ3n) is 3.53. The van der Waals surface area contributed by atoms with Gasteiger partial charge in [0, 0.05) is 25.7 Å². The van der Waals surface area contributed by atoms with Gasteiger partial charge < -0.3 is 5.32 Å². The van der Waals surface area contributed by atoms with Gasteiger partial charge in [-0.15, -0.1) is 12.4 Å². The molecule has 0 bridgehead atoms. The predicted octanol–water partition coefficient (Wildman–Crippen LogP) is 2.02. The second-order valence-corrected chi connectivity index (χ2v) is 7.32. The maximum Gasteiger partial charge on any atom is 0.243 e. The largest absolute Gasteiger partial charge is 0.312 e. The number of hydrogen-bond acceptors (Lipinski definition) is 3. The number of benzene rings is 1. The lowest BCUT2D eigenvalue weighted by atomic mass is 10.1. The van der Waals surface area contributed by atoms with Gasteiger partial charge in [0.2, 0.25) is 10.0 Å². The summed E-state index contributed by atoms with van der Waals surface area (Å²) in [7, 11) is -3.38. The molecule has 1 aliphatic heterocycles. The minimum atomic E-state index is -3.38. The lowest BCUT2D eigenvalue weighted by molar-refractivity contribution is 0.310. The van der Waals surface area contributed by atoms with Gasteiger partial charge in [0.15, 0.2) is 0 Å². The average molecular weight is 319 g/mol. The van der Waals surface area contributed by atoms with E-state index in [1.165, 1.54) is 0 Å². The topological polar surface area (TPSA) is 49.4 Å². The third-order valence-corrected chi connectivity index (χ3v) is 5.71. The number of nitrogens with zero attached hydrogens (tertiary/aromatic N) is 1. The second-order valence-electron chi connectivity index (χ2n) is 5.45. The van der Waals surface area contributed by atoms with E-state index >= 15 is 0 Å². The first-order valence-electron chi connectivity index (χ1n) is 6.64. The van der Waals surface area contributed by atoms with Crippen molar-refractivity contribution in [2.24, 2.45) is 0 Å². The van der Waals surface area contributed by atoms with E-state index in [-0.39, 0.29) is 18.4 Å². The van der Waals surface area contributed by atoms with E-state index in [1.807, 2.05) is 39.8 Å². The van der Waals surface area contributed by atoms with Crippen LogP contribution >= 0.6 is 12.4 Å². The zero-order chi connectivity index (χ0) is 14.2. The van der Waals surface area contributed by atoms with Gasteiger partial charge in [0.25, 0.3) is 0 Å². The van der Waals surface area contributed by atoms with Gasteiger partial charge in [-0.25, -0.2) is 8.42 Å². The Balaban J connectivity index is 0.00000200. The number of nitrogens with one attached hydrogen (secondary N) is 1. The first-order valence-corrected chi connectivity index (χ1v) is 8.08. The fourth-order valence-corrected chi connectivity index (χ4v) is 4.76. The predicted molar refractivity (Wildman–Crippen MR) is 84.1 cm³/mol. The normalized spacial score (nSPS) is 20.5. The van der Waals surface area contributed by atoms with Gasteiger partial charge in [-0.05, 0) is 38.8 Å². The first-order chi connectivity index (χ1) is 8.82. The van der Waals surface area contributed by atoms with Crippen LogP contribution in [-0.2, 0) is 10.0 Å². The number of hydrogen-bond donors (Lipinski definition) is 1. The summed E-state index contributed by atoms with van der Waals surface area (Å²) in [6.45, 7) is 9.54. The van der Waals surface area contributed by atoms with E-state index in [2.05, 4.69) is 5.32 Å². The van der Waals surface area contributed by atoms with Crippen LogP contribution in [0.25, 0.3) is 0 Å². The van der Waals surface area contributed by atoms with E-state index in [0.29, 0.717) is 24.5 Å². The van der Waals surface area contributed by atoms with Crippen LogP contribution in [-0.4, -0.2) is 38.4 Å². The summed E-state index contributed by atoms with van der Waals surface area (Å²) in [4.78, 5) is 0.479. The molecule has 1 fully saturated rings. The molecule has 0 saturated carbocycles. The summed E-state index contributed by atoms with van der Waals surface area (Å²) in [5.74, 6) is 0. The van der Waals surface area contributed by atoms with Gasteiger partial charge in [0.05, 0.1) is 4.90 Å². The summed E-state index contributed by atoms with van der Waals surface area (Å²) in [5.41, 5.74) is 2.77. The maximum atomic E-state index is 12.8. The third kappa shape index (κ3) is 3.34. The molecule has 0 radical (unpaired) electrons. The summed E-state index contributed by atoms with van der Waals surface area (Å²) >= 11 is 0. The van der Waals surface area contributed by atoms with Gasteiger partial charge in [-0.3, -0.25) is 0 Å². The lowest BCUT2D eigenvalue weighted by Gasteiger charge is -2.31. The maximum absolute atomic E-state index is 12.8. The van der Waals surface area contributed by atoms with Gasteiger partial charge >= 0.3 is 0 Å². The van der Waals surface area contributed by atoms with Crippen molar-refractivity contribution < 1.29 is 8.42 Å². The molecular formula is C14H23ClN2O2S. The summed E-state index contributed by atoms with van der Waals surface area (Å²) in [6.07, 6.45) is 0. The fraction of sp³-hybridized carbons (Fsp3) is 0.571. The Labute approximate surface area is 128 Å². The van der Waals surface area contributed by atoms with Crippen LogP contribution in [0.3, 0.4) is 0 Å². The standard InChI is InChI=1S/C14H22N2O2S.ClH/c1-10-7-11(2)14(12(3)8-10)19(17,18)16-6-5-15-13(4)9-16;/h7-8,13,15H,5-6,9H2,1-4H3;1H/t13-;/m0./s1. The van der Waals surface area contributed by atoms with Crippen LogP contribution < -0.4 is 5.32 Å². The van der Waals surface area contributed by atoms with Crippen LogP contribution in [0.2, 0.25) is 0 Å². The monoisotopic (exact) mass is 318 g/mol. The zero-order valence-corrected chi connectivity index (χ0v) is 14.1. The molecule has 0 amide bonds. The molecule has 1 N–H and O–H groups in total. The Hall–Kier alpha value is -0.620. The van der Waals surface area contributed by atoms with Gasteiger partial charge in [0.1, 0.15) is 0 Å². The molecule has 1 aromatic rings. The lowest BCUT2D eigenvalue weighted by Crippen LogP contribution is -2.51. The van der Waals surface area contributed by atoms with Crippen LogP contribution in [0.4, 0.5) is 0 Å². The highest BCUT2D eigenvalue weighted by atomic mass is 35.5. The van der Waals surface area contributed by atoms with Crippen LogP contribution in [0.1, 0.15) is 23.6 Å². The van der Waals surface area contributed by atoms with Crippen LogP contribution in [0.5, 0.6) is 0 Å². The van der Waals surface area contributed by atoms with E-state index < -0.39 is 10.0 Å². The van der Waals surface area contributed by atoms with Gasteiger partial charge in [-0.1, -0.05) is 17.7 Å². The molecule has 4 nitrogen and oxygen atoms in total. The van der Waals surface area contributed by atoms with Crippen molar-refractivity contribution in [2.75, 3.05) is 19.6 Å². The molecule has 114 valence electrons. The van der Waals surface area contributed by atoms with Crippen molar-refractivity contribution in [3.05, 3.63) is 28.8 Å². The average Bonchev–Trinajstić information content (AvgIpc) is 2.26. The molecular weight excluding hydrogens is 296 g/mol. The summed E-state index contributed by atoms with van der Waals surface area (Å²) in [5, 5.41) is 3.27. The molecule has 1 heterocycles. The van der Waals surface area contributed by atoms with Crippen molar-refractivity contribution in [1.29, 1.82) is 0 Å². The Morgan fingerprint density at radius 1 is 1.20 bits per heavy atom. The second kappa shape index (κ2) is 6.43. The highest BCUT2D eigenvalue weighted by molar-refractivity contribution is 7.89. The number of rotatable bonds is 2. The number of sulfonamides is 1. The van der Waals surface area contributed by atoms with Gasteiger partial charge in [-0.2, -0.15) is 4.31 Å². The molecule has 1 aliphatic rings. The number of aryl methyl sites for hydroxylation is 3. The number of piperazine rings is 1. The van der Waals surface area contributed by atoms with Crippen LogP contribution in [0, 0.1) is 20.8 Å². The molecule has 0 unspecified atom stereocenters. The minimum Gasteiger partial charge on any atom is -0.312 e. The molecule has 0 aliphatic carbocycles. The molecule has 1 aromatic carbocycles. The molecule has 20 heavy (non-hydrogen) atoms. The quantitative estimate of drug-likeness (QED) is 0.907. The van der Waals surface area contributed by atoms with Crippen LogP contribution in [0.15, 0.2) is 17.0 Å². The molecule has 2 rings (SSSR count). The van der Waals surface area contributed by atoms with Crippen molar-refractivity contribution in [1.82, 2.24) is 9.62 Å². The molecule has 0 spiro atoms. The highest BCUT2D eigenvalue weighted by Crippen LogP contribution is 2.25. The van der Waals surface area contributed by atoms with E-state index in [0.717, 1.165) is 16.7 Å². The smallest absolute Gasteiger partial charge is 0.243 e. The Morgan fingerprint density at radius 3 is 2.25 bits per heavy atom. The SMILES string of the molecule is Cc1cc(C)c(S(=O)(=O)N2CCN[C@@H](C)C2)c(C)c1.Cl. The molecule has 0 aromatic heterocycles. The van der Waals surface area contributed by atoms with E-state index in [4.69, 9.17) is 0 Å². The fourth-order valence-electron chi connectivity index (χ4n) is 2.82. The molecule has 1 saturated heterocycles. The first kappa shape index (κ1) is 17.4. The molecule has 6 heteroatoms. The Morgan fingerprint density at radius 2 is 1.75 bits per heavy atom. The van der Waals surface area contributed by atoms with E-state index in [9.17, 15) is 8.42 Å². The van der Waals surface area contributed by atoms with Crippen molar-refractivity contribution in [2.45, 2.75) is 38.6 Å². The summed E-state index contributed by atoms with van der Waals surface area (Å²) in [6, 6.07) is 4.08. The van der Waals surface area contributed by atoms with Crippen molar-refractivity contribution in [3.8, 4) is 0 Å². The Kier molecular flexibility index (Phi) is 5.61. The van der Waals surface area contributed by atoms with Crippen molar-refractivity contribution in [3.63, 3.8) is 0 Å². The highest BCUT2D eigenvalue weighted by Gasteiger charge is 2.30. The Bertz CT molecular complexity index is 564. The van der Waals surface area contributed by atoms with Crippen molar-refractivity contribution >= 4 is 22.4 Å². The number of halogens is 1.